The smallest absolute Gasteiger partial charge is 0.0327 e. The molecule has 4 unspecified atom stereocenters. The minimum absolute atomic E-state index is 0.794. The predicted molar refractivity (Wildman–Crippen MR) is 93.9 cm³/mol. The second kappa shape index (κ2) is 9.11. The maximum absolute atomic E-state index is 2.46. The molecule has 0 nitrogen and oxygen atoms in total. The lowest BCUT2D eigenvalue weighted by atomic mass is 9.60. The first-order valence-electron chi connectivity index (χ1n) is 9.18. The zero-order chi connectivity index (χ0) is 16.0. The van der Waals surface area contributed by atoms with Gasteiger partial charge in [-0.05, 0) is 47.3 Å². The van der Waals surface area contributed by atoms with Crippen LogP contribution in [0.3, 0.4) is 0 Å². The van der Waals surface area contributed by atoms with E-state index in [-0.39, 0.29) is 0 Å². The molecule has 0 amide bonds. The van der Waals surface area contributed by atoms with Crippen molar-refractivity contribution >= 4 is 0 Å². The second-order valence-corrected chi connectivity index (χ2v) is 8.27. The summed E-state index contributed by atoms with van der Waals surface area (Å²) in [6.07, 6.45) is 2.66. The zero-order valence-corrected chi connectivity index (χ0v) is 16.0. The SMILES string of the molecule is CCC(C(C)C)C(C(C)C)C(C(C)C)C(CC)C(C)C. The normalized spacial score (nSPS) is 18.9. The Labute approximate surface area is 130 Å². The first-order chi connectivity index (χ1) is 9.18. The Bertz CT molecular complexity index is 210. The molecule has 4 atom stereocenters. The minimum Gasteiger partial charge on any atom is -0.0651 e. The highest BCUT2D eigenvalue weighted by molar-refractivity contribution is 4.87. The molecule has 0 saturated carbocycles. The van der Waals surface area contributed by atoms with E-state index in [9.17, 15) is 0 Å². The minimum atomic E-state index is 0.794. The van der Waals surface area contributed by atoms with Gasteiger partial charge in [-0.25, -0.2) is 0 Å². The van der Waals surface area contributed by atoms with Gasteiger partial charge in [0, 0.05) is 0 Å². The maximum Gasteiger partial charge on any atom is -0.0327 e. The fourth-order valence-electron chi connectivity index (χ4n) is 4.82. The number of hydrogen-bond donors (Lipinski definition) is 0. The molecule has 0 heteroatoms. The van der Waals surface area contributed by atoms with Crippen LogP contribution in [0.15, 0.2) is 0 Å². The summed E-state index contributed by atoms with van der Waals surface area (Å²) in [6, 6.07) is 0. The highest BCUT2D eigenvalue weighted by atomic mass is 14.4. The van der Waals surface area contributed by atoms with E-state index in [1.165, 1.54) is 12.8 Å². The van der Waals surface area contributed by atoms with E-state index in [0.717, 1.165) is 47.3 Å². The molecule has 0 spiro atoms. The quantitative estimate of drug-likeness (QED) is 0.431. The van der Waals surface area contributed by atoms with E-state index in [2.05, 4.69) is 69.2 Å². The van der Waals surface area contributed by atoms with Crippen LogP contribution in [-0.2, 0) is 0 Å². The first kappa shape index (κ1) is 20.0. The van der Waals surface area contributed by atoms with Gasteiger partial charge in [-0.15, -0.1) is 0 Å². The van der Waals surface area contributed by atoms with Gasteiger partial charge in [-0.3, -0.25) is 0 Å². The van der Waals surface area contributed by atoms with E-state index in [4.69, 9.17) is 0 Å². The van der Waals surface area contributed by atoms with Gasteiger partial charge < -0.3 is 0 Å². The van der Waals surface area contributed by atoms with Crippen molar-refractivity contribution < 1.29 is 0 Å². The lowest BCUT2D eigenvalue weighted by Crippen LogP contribution is -2.39. The molecule has 0 aliphatic heterocycles. The molecular weight excluding hydrogens is 240 g/mol. The van der Waals surface area contributed by atoms with Crippen molar-refractivity contribution in [3.63, 3.8) is 0 Å². The zero-order valence-electron chi connectivity index (χ0n) is 16.0. The maximum atomic E-state index is 2.46. The van der Waals surface area contributed by atoms with Crippen LogP contribution in [-0.4, -0.2) is 0 Å². The third-order valence-electron chi connectivity index (χ3n) is 5.63. The van der Waals surface area contributed by atoms with Crippen LogP contribution < -0.4 is 0 Å². The second-order valence-electron chi connectivity index (χ2n) is 8.27. The molecule has 20 heavy (non-hydrogen) atoms. The average Bonchev–Trinajstić information content (AvgIpc) is 2.31. The van der Waals surface area contributed by atoms with Crippen molar-refractivity contribution in [1.29, 1.82) is 0 Å². The monoisotopic (exact) mass is 282 g/mol. The molecule has 0 heterocycles. The summed E-state index contributed by atoms with van der Waals surface area (Å²) in [5.41, 5.74) is 0. The van der Waals surface area contributed by atoms with Crippen LogP contribution >= 0.6 is 0 Å². The summed E-state index contributed by atoms with van der Waals surface area (Å²) in [7, 11) is 0. The van der Waals surface area contributed by atoms with E-state index >= 15 is 0 Å². The van der Waals surface area contributed by atoms with Crippen LogP contribution in [0.1, 0.15) is 82.1 Å². The average molecular weight is 283 g/mol. The Morgan fingerprint density at radius 3 is 0.800 bits per heavy atom. The van der Waals surface area contributed by atoms with Crippen LogP contribution in [0.5, 0.6) is 0 Å². The van der Waals surface area contributed by atoms with Crippen molar-refractivity contribution in [2.45, 2.75) is 82.1 Å². The summed E-state index contributed by atoms with van der Waals surface area (Å²) in [4.78, 5) is 0. The van der Waals surface area contributed by atoms with Gasteiger partial charge in [0.1, 0.15) is 0 Å². The lowest BCUT2D eigenvalue weighted by Gasteiger charge is -2.45. The number of rotatable bonds is 9. The summed E-state index contributed by atoms with van der Waals surface area (Å²) in [6.45, 7) is 24.3. The van der Waals surface area contributed by atoms with Crippen molar-refractivity contribution in [2.75, 3.05) is 0 Å². The fourth-order valence-corrected chi connectivity index (χ4v) is 4.82. The molecule has 122 valence electrons. The van der Waals surface area contributed by atoms with Crippen molar-refractivity contribution in [1.82, 2.24) is 0 Å². The van der Waals surface area contributed by atoms with E-state index in [1.807, 2.05) is 0 Å². The third kappa shape index (κ3) is 5.08. The summed E-state index contributed by atoms with van der Waals surface area (Å²) in [5.74, 6) is 6.67. The van der Waals surface area contributed by atoms with Gasteiger partial charge >= 0.3 is 0 Å². The molecule has 0 aromatic heterocycles. The topological polar surface area (TPSA) is 0 Å². The van der Waals surface area contributed by atoms with Crippen molar-refractivity contribution in [2.24, 2.45) is 47.3 Å². The van der Waals surface area contributed by atoms with Crippen molar-refractivity contribution in [3.05, 3.63) is 0 Å². The van der Waals surface area contributed by atoms with Gasteiger partial charge in [0.15, 0.2) is 0 Å². The van der Waals surface area contributed by atoms with E-state index < -0.39 is 0 Å². The summed E-state index contributed by atoms with van der Waals surface area (Å²) >= 11 is 0. The molecule has 0 fully saturated rings. The van der Waals surface area contributed by atoms with Crippen LogP contribution in [0.25, 0.3) is 0 Å². The largest absolute Gasteiger partial charge is 0.0651 e. The van der Waals surface area contributed by atoms with Gasteiger partial charge in [0.2, 0.25) is 0 Å². The van der Waals surface area contributed by atoms with E-state index in [1.54, 1.807) is 0 Å². The Kier molecular flexibility index (Phi) is 9.11. The Morgan fingerprint density at radius 1 is 0.450 bits per heavy atom. The van der Waals surface area contributed by atoms with Crippen LogP contribution in [0, 0.1) is 47.3 Å². The standard InChI is InChI=1S/C20H42/c1-11-17(13(3)4)19(15(7)8)20(16(9)10)18(12-2)14(5)6/h13-20H,11-12H2,1-10H3. The van der Waals surface area contributed by atoms with Gasteiger partial charge in [-0.1, -0.05) is 82.1 Å². The molecule has 0 bridgehead atoms. The molecule has 0 radical (unpaired) electrons. The molecular formula is C20H42. The molecule has 0 rings (SSSR count). The van der Waals surface area contributed by atoms with Crippen LogP contribution in [0.2, 0.25) is 0 Å². The molecule has 0 aromatic rings. The third-order valence-corrected chi connectivity index (χ3v) is 5.63. The molecule has 0 N–H and O–H groups in total. The Hall–Kier alpha value is 0. The van der Waals surface area contributed by atoms with Crippen LogP contribution in [0.4, 0.5) is 0 Å². The predicted octanol–water partition coefficient (Wildman–Crippen LogP) is 6.90. The molecule has 0 saturated heterocycles. The molecule has 0 aliphatic carbocycles. The fraction of sp³-hybridized carbons (Fsp3) is 1.00. The molecule has 0 aromatic carbocycles. The number of hydrogen-bond acceptors (Lipinski definition) is 0. The van der Waals surface area contributed by atoms with Gasteiger partial charge in [0.05, 0.1) is 0 Å². The highest BCUT2D eigenvalue weighted by Gasteiger charge is 2.38. The summed E-state index contributed by atoms with van der Waals surface area (Å²) < 4.78 is 0. The first-order valence-corrected chi connectivity index (χ1v) is 9.18. The van der Waals surface area contributed by atoms with Crippen molar-refractivity contribution in [3.8, 4) is 0 Å². The lowest BCUT2D eigenvalue weighted by molar-refractivity contribution is 0.0322. The highest BCUT2D eigenvalue weighted by Crippen LogP contribution is 2.45. The summed E-state index contributed by atoms with van der Waals surface area (Å²) in [5, 5.41) is 0. The van der Waals surface area contributed by atoms with Gasteiger partial charge in [-0.2, -0.15) is 0 Å². The Morgan fingerprint density at radius 2 is 0.700 bits per heavy atom. The Balaban J connectivity index is 5.55. The van der Waals surface area contributed by atoms with Gasteiger partial charge in [0.25, 0.3) is 0 Å². The molecule has 0 aliphatic rings. The van der Waals surface area contributed by atoms with E-state index in [0.29, 0.717) is 0 Å².